The molecule has 0 unspecified atom stereocenters. The molecule has 1 aliphatic heterocycles. The van der Waals surface area contributed by atoms with Crippen LogP contribution in [-0.2, 0) is 11.3 Å². The lowest BCUT2D eigenvalue weighted by Crippen LogP contribution is -2.36. The maximum atomic E-state index is 13.2. The normalized spacial score (nSPS) is 16.6. The largest absolute Gasteiger partial charge is 0.370 e. The summed E-state index contributed by atoms with van der Waals surface area (Å²) in [5.41, 5.74) is 0.775. The van der Waals surface area contributed by atoms with Crippen molar-refractivity contribution in [1.29, 1.82) is 0 Å². The van der Waals surface area contributed by atoms with Gasteiger partial charge in [-0.15, -0.1) is 0 Å². The van der Waals surface area contributed by atoms with Crippen LogP contribution in [-0.4, -0.2) is 35.5 Å². The van der Waals surface area contributed by atoms with Crippen molar-refractivity contribution in [3.63, 3.8) is 0 Å². The molecule has 0 spiro atoms. The SMILES string of the molecule is CCNc1cc(N2CCC[C@H](CCC(=O)NCc3cccc(F)c3)C2)ncn1. The van der Waals surface area contributed by atoms with Gasteiger partial charge in [-0.05, 0) is 49.8 Å². The van der Waals surface area contributed by atoms with E-state index in [1.807, 2.05) is 19.1 Å². The van der Waals surface area contributed by atoms with E-state index >= 15 is 0 Å². The Kier molecular flexibility index (Phi) is 7.17. The van der Waals surface area contributed by atoms with Crippen LogP contribution < -0.4 is 15.5 Å². The van der Waals surface area contributed by atoms with E-state index in [1.54, 1.807) is 12.4 Å². The lowest BCUT2D eigenvalue weighted by molar-refractivity contribution is -0.121. The molecule has 7 heteroatoms. The van der Waals surface area contributed by atoms with Crippen LogP contribution in [0.1, 0.15) is 38.2 Å². The van der Waals surface area contributed by atoms with E-state index in [0.717, 1.165) is 56.1 Å². The van der Waals surface area contributed by atoms with Crippen molar-refractivity contribution in [3.8, 4) is 0 Å². The Hall–Kier alpha value is -2.70. The number of anilines is 2. The molecular formula is C21H28FN5O. The zero-order valence-electron chi connectivity index (χ0n) is 16.3. The summed E-state index contributed by atoms with van der Waals surface area (Å²) in [6, 6.07) is 8.30. The van der Waals surface area contributed by atoms with Crippen LogP contribution in [0.3, 0.4) is 0 Å². The Morgan fingerprint density at radius 3 is 3.04 bits per heavy atom. The van der Waals surface area contributed by atoms with E-state index in [2.05, 4.69) is 25.5 Å². The predicted octanol–water partition coefficient (Wildman–Crippen LogP) is 3.36. The molecule has 1 aromatic carbocycles. The molecule has 1 amide bonds. The first-order chi connectivity index (χ1) is 13.6. The van der Waals surface area contributed by atoms with Crippen molar-refractivity contribution >= 4 is 17.5 Å². The number of carbonyl (C=O) groups is 1. The van der Waals surface area contributed by atoms with Crippen LogP contribution in [0.25, 0.3) is 0 Å². The Morgan fingerprint density at radius 2 is 2.21 bits per heavy atom. The quantitative estimate of drug-likeness (QED) is 0.729. The van der Waals surface area contributed by atoms with Crippen LogP contribution in [0.2, 0.25) is 0 Å². The smallest absolute Gasteiger partial charge is 0.220 e. The molecule has 2 aromatic rings. The van der Waals surface area contributed by atoms with E-state index in [9.17, 15) is 9.18 Å². The van der Waals surface area contributed by atoms with Crippen molar-refractivity contribution in [2.75, 3.05) is 29.9 Å². The predicted molar refractivity (Wildman–Crippen MR) is 109 cm³/mol. The van der Waals surface area contributed by atoms with Gasteiger partial charge < -0.3 is 15.5 Å². The van der Waals surface area contributed by atoms with Crippen LogP contribution in [0.4, 0.5) is 16.0 Å². The number of hydrogen-bond donors (Lipinski definition) is 2. The summed E-state index contributed by atoms with van der Waals surface area (Å²) in [6.07, 6.45) is 5.14. The third kappa shape index (κ3) is 5.90. The molecule has 1 fully saturated rings. The number of carbonyl (C=O) groups excluding carboxylic acids is 1. The number of nitrogens with zero attached hydrogens (tertiary/aromatic N) is 3. The first-order valence-electron chi connectivity index (χ1n) is 9.96. The number of halogens is 1. The topological polar surface area (TPSA) is 70.2 Å². The Labute approximate surface area is 165 Å². The maximum Gasteiger partial charge on any atom is 0.220 e. The average Bonchev–Trinajstić information content (AvgIpc) is 2.71. The van der Waals surface area contributed by atoms with Gasteiger partial charge in [-0.25, -0.2) is 14.4 Å². The molecule has 0 saturated carbocycles. The minimum Gasteiger partial charge on any atom is -0.370 e. The summed E-state index contributed by atoms with van der Waals surface area (Å²) in [4.78, 5) is 23.1. The molecule has 1 aliphatic rings. The molecule has 1 saturated heterocycles. The van der Waals surface area contributed by atoms with Crippen LogP contribution in [0.5, 0.6) is 0 Å². The van der Waals surface area contributed by atoms with E-state index in [1.165, 1.54) is 12.1 Å². The van der Waals surface area contributed by atoms with Crippen molar-refractivity contribution in [1.82, 2.24) is 15.3 Å². The summed E-state index contributed by atoms with van der Waals surface area (Å²) < 4.78 is 13.2. The van der Waals surface area contributed by atoms with Gasteiger partial charge in [0.1, 0.15) is 23.8 Å². The number of piperidine rings is 1. The minimum absolute atomic E-state index is 0.0119. The van der Waals surface area contributed by atoms with Gasteiger partial charge in [0.25, 0.3) is 0 Å². The van der Waals surface area contributed by atoms with Gasteiger partial charge in [-0.3, -0.25) is 4.79 Å². The van der Waals surface area contributed by atoms with Gasteiger partial charge in [-0.2, -0.15) is 0 Å². The fourth-order valence-corrected chi connectivity index (χ4v) is 3.58. The Morgan fingerprint density at radius 1 is 1.32 bits per heavy atom. The first-order valence-corrected chi connectivity index (χ1v) is 9.96. The highest BCUT2D eigenvalue weighted by atomic mass is 19.1. The second-order valence-corrected chi connectivity index (χ2v) is 7.19. The molecule has 0 radical (unpaired) electrons. The molecule has 0 bridgehead atoms. The molecule has 150 valence electrons. The monoisotopic (exact) mass is 385 g/mol. The highest BCUT2D eigenvalue weighted by Crippen LogP contribution is 2.25. The van der Waals surface area contributed by atoms with Gasteiger partial charge in [0, 0.05) is 38.7 Å². The molecule has 1 aromatic heterocycles. The van der Waals surface area contributed by atoms with E-state index in [0.29, 0.717) is 18.9 Å². The minimum atomic E-state index is -0.281. The number of rotatable bonds is 8. The number of hydrogen-bond acceptors (Lipinski definition) is 5. The molecule has 2 heterocycles. The molecule has 2 N–H and O–H groups in total. The third-order valence-electron chi connectivity index (χ3n) is 5.01. The fraction of sp³-hybridized carbons (Fsp3) is 0.476. The summed E-state index contributed by atoms with van der Waals surface area (Å²) in [7, 11) is 0. The summed E-state index contributed by atoms with van der Waals surface area (Å²) >= 11 is 0. The van der Waals surface area contributed by atoms with Gasteiger partial charge >= 0.3 is 0 Å². The second kappa shape index (κ2) is 10.0. The highest BCUT2D eigenvalue weighted by molar-refractivity contribution is 5.75. The average molecular weight is 385 g/mol. The number of amides is 1. The van der Waals surface area contributed by atoms with E-state index in [-0.39, 0.29) is 11.7 Å². The number of aromatic nitrogens is 2. The van der Waals surface area contributed by atoms with Crippen molar-refractivity contribution in [2.24, 2.45) is 5.92 Å². The van der Waals surface area contributed by atoms with E-state index in [4.69, 9.17) is 0 Å². The number of benzene rings is 1. The summed E-state index contributed by atoms with van der Waals surface area (Å²) in [5, 5.41) is 6.10. The zero-order chi connectivity index (χ0) is 19.8. The van der Waals surface area contributed by atoms with E-state index < -0.39 is 0 Å². The zero-order valence-corrected chi connectivity index (χ0v) is 16.3. The summed E-state index contributed by atoms with van der Waals surface area (Å²) in [6.45, 7) is 5.11. The molecule has 28 heavy (non-hydrogen) atoms. The Bertz CT molecular complexity index is 785. The molecule has 1 atom stereocenters. The van der Waals surface area contributed by atoms with Crippen molar-refractivity contribution < 1.29 is 9.18 Å². The first kappa shape index (κ1) is 20.0. The summed E-state index contributed by atoms with van der Waals surface area (Å²) in [5.74, 6) is 1.97. The van der Waals surface area contributed by atoms with Crippen LogP contribution in [0.15, 0.2) is 36.7 Å². The van der Waals surface area contributed by atoms with Crippen molar-refractivity contribution in [2.45, 2.75) is 39.2 Å². The third-order valence-corrected chi connectivity index (χ3v) is 5.01. The van der Waals surface area contributed by atoms with Gasteiger partial charge in [0.2, 0.25) is 5.91 Å². The molecule has 3 rings (SSSR count). The molecule has 0 aliphatic carbocycles. The van der Waals surface area contributed by atoms with Gasteiger partial charge in [0.05, 0.1) is 0 Å². The van der Waals surface area contributed by atoms with Crippen molar-refractivity contribution in [3.05, 3.63) is 48.0 Å². The lowest BCUT2D eigenvalue weighted by atomic mass is 9.93. The van der Waals surface area contributed by atoms with Crippen LogP contribution in [0, 0.1) is 11.7 Å². The second-order valence-electron chi connectivity index (χ2n) is 7.19. The van der Waals surface area contributed by atoms with Gasteiger partial charge in [0.15, 0.2) is 0 Å². The Balaban J connectivity index is 1.45. The molecule has 6 nitrogen and oxygen atoms in total. The lowest BCUT2D eigenvalue weighted by Gasteiger charge is -2.33. The van der Waals surface area contributed by atoms with Crippen LogP contribution >= 0.6 is 0 Å². The standard InChI is InChI=1S/C21H28FN5O/c1-2-23-19-12-20(26-15-25-19)27-10-4-6-16(14-27)8-9-21(28)24-13-17-5-3-7-18(22)11-17/h3,5,7,11-12,15-16H,2,4,6,8-10,13-14H2,1H3,(H,24,28)(H,23,25,26)/t16-/m1/s1. The fourth-order valence-electron chi connectivity index (χ4n) is 3.58. The maximum absolute atomic E-state index is 13.2. The number of nitrogens with one attached hydrogen (secondary N) is 2. The molecular weight excluding hydrogens is 357 g/mol. The van der Waals surface area contributed by atoms with Gasteiger partial charge in [-0.1, -0.05) is 12.1 Å². The highest BCUT2D eigenvalue weighted by Gasteiger charge is 2.22.